The topological polar surface area (TPSA) is 93.4 Å². The standard InChI is InChI=1S/C16H19N3O3S/c1-10(9-22-2)18-15(20)13-7-8-14(23-13)16(21)19-12-6-4-3-5-11(12)17/h3-8,10H,9,17H2,1-2H3,(H,18,20)(H,19,21). The number of methoxy groups -OCH3 is 1. The summed E-state index contributed by atoms with van der Waals surface area (Å²) in [6.45, 7) is 2.28. The van der Waals surface area contributed by atoms with Crippen molar-refractivity contribution in [1.29, 1.82) is 0 Å². The maximum absolute atomic E-state index is 12.2. The van der Waals surface area contributed by atoms with Crippen LogP contribution in [0.5, 0.6) is 0 Å². The van der Waals surface area contributed by atoms with E-state index < -0.39 is 0 Å². The van der Waals surface area contributed by atoms with Crippen LogP contribution in [0.15, 0.2) is 36.4 Å². The number of benzene rings is 1. The molecule has 0 fully saturated rings. The fourth-order valence-corrected chi connectivity index (χ4v) is 2.77. The third kappa shape index (κ3) is 4.54. The third-order valence-corrected chi connectivity index (χ3v) is 4.14. The summed E-state index contributed by atoms with van der Waals surface area (Å²) in [5, 5.41) is 5.54. The van der Waals surface area contributed by atoms with E-state index in [0.29, 0.717) is 27.7 Å². The van der Waals surface area contributed by atoms with E-state index in [4.69, 9.17) is 10.5 Å². The number of nitrogen functional groups attached to an aromatic ring is 1. The SMILES string of the molecule is COCC(C)NC(=O)c1ccc(C(=O)Nc2ccccc2N)s1. The van der Waals surface area contributed by atoms with Crippen molar-refractivity contribution in [2.45, 2.75) is 13.0 Å². The third-order valence-electron chi connectivity index (χ3n) is 3.06. The number of ether oxygens (including phenoxy) is 1. The molecule has 0 saturated heterocycles. The Balaban J connectivity index is 2.02. The van der Waals surface area contributed by atoms with Crippen molar-refractivity contribution in [2.24, 2.45) is 0 Å². The molecule has 2 rings (SSSR count). The molecule has 0 aliphatic heterocycles. The lowest BCUT2D eigenvalue weighted by molar-refractivity contribution is 0.0909. The number of anilines is 2. The number of carbonyl (C=O) groups is 2. The van der Waals surface area contributed by atoms with Crippen LogP contribution in [-0.4, -0.2) is 31.6 Å². The molecule has 6 nitrogen and oxygen atoms in total. The molecule has 0 spiro atoms. The van der Waals surface area contributed by atoms with Crippen LogP contribution >= 0.6 is 11.3 Å². The van der Waals surface area contributed by atoms with Crippen molar-refractivity contribution in [3.05, 3.63) is 46.2 Å². The van der Waals surface area contributed by atoms with Crippen molar-refractivity contribution in [1.82, 2.24) is 5.32 Å². The monoisotopic (exact) mass is 333 g/mol. The second-order valence-corrected chi connectivity index (χ2v) is 6.12. The molecule has 2 aromatic rings. The van der Waals surface area contributed by atoms with Gasteiger partial charge in [-0.3, -0.25) is 9.59 Å². The Kier molecular flexibility index (Phi) is 5.72. The fourth-order valence-electron chi connectivity index (χ4n) is 1.96. The highest BCUT2D eigenvalue weighted by molar-refractivity contribution is 7.16. The Morgan fingerprint density at radius 3 is 2.48 bits per heavy atom. The maximum atomic E-state index is 12.2. The first-order valence-corrected chi connectivity index (χ1v) is 7.88. The lowest BCUT2D eigenvalue weighted by Gasteiger charge is -2.11. The molecule has 2 amide bonds. The van der Waals surface area contributed by atoms with Crippen LogP contribution in [0.1, 0.15) is 26.3 Å². The van der Waals surface area contributed by atoms with E-state index in [9.17, 15) is 9.59 Å². The molecule has 23 heavy (non-hydrogen) atoms. The molecule has 0 radical (unpaired) electrons. The van der Waals surface area contributed by atoms with Crippen molar-refractivity contribution in [3.8, 4) is 0 Å². The second-order valence-electron chi connectivity index (χ2n) is 5.04. The molecule has 1 unspecified atom stereocenters. The van der Waals surface area contributed by atoms with Crippen LogP contribution in [0, 0.1) is 0 Å². The van der Waals surface area contributed by atoms with Gasteiger partial charge in [0.05, 0.1) is 27.7 Å². The van der Waals surface area contributed by atoms with E-state index in [0.717, 1.165) is 11.3 Å². The van der Waals surface area contributed by atoms with Gasteiger partial charge in [-0.2, -0.15) is 0 Å². The molecule has 4 N–H and O–H groups in total. The lowest BCUT2D eigenvalue weighted by Crippen LogP contribution is -2.35. The van der Waals surface area contributed by atoms with Gasteiger partial charge in [0.2, 0.25) is 0 Å². The lowest BCUT2D eigenvalue weighted by atomic mass is 10.2. The summed E-state index contributed by atoms with van der Waals surface area (Å²) in [5.74, 6) is -0.519. The van der Waals surface area contributed by atoms with Gasteiger partial charge in [0.25, 0.3) is 11.8 Å². The number of rotatable bonds is 6. The second kappa shape index (κ2) is 7.75. The number of hydrogen-bond donors (Lipinski definition) is 3. The minimum Gasteiger partial charge on any atom is -0.397 e. The van der Waals surface area contributed by atoms with Gasteiger partial charge in [0, 0.05) is 13.2 Å². The van der Waals surface area contributed by atoms with Crippen molar-refractivity contribution in [2.75, 3.05) is 24.8 Å². The number of para-hydroxylation sites is 2. The van der Waals surface area contributed by atoms with Crippen LogP contribution < -0.4 is 16.4 Å². The smallest absolute Gasteiger partial charge is 0.265 e. The van der Waals surface area contributed by atoms with E-state index in [2.05, 4.69) is 10.6 Å². The van der Waals surface area contributed by atoms with Crippen molar-refractivity contribution < 1.29 is 14.3 Å². The van der Waals surface area contributed by atoms with Gasteiger partial charge in [-0.1, -0.05) is 12.1 Å². The molecule has 0 saturated carbocycles. The minimum atomic E-state index is -0.295. The molecule has 1 aromatic heterocycles. The van der Waals surface area contributed by atoms with Crippen molar-refractivity contribution >= 4 is 34.5 Å². The summed E-state index contributed by atoms with van der Waals surface area (Å²) in [5.41, 5.74) is 6.83. The largest absolute Gasteiger partial charge is 0.397 e. The Labute approximate surface area is 138 Å². The predicted molar refractivity (Wildman–Crippen MR) is 91.9 cm³/mol. The van der Waals surface area contributed by atoms with Crippen molar-refractivity contribution in [3.63, 3.8) is 0 Å². The van der Waals surface area contributed by atoms with E-state index in [1.165, 1.54) is 0 Å². The summed E-state index contributed by atoms with van der Waals surface area (Å²) in [6.07, 6.45) is 0. The quantitative estimate of drug-likeness (QED) is 0.707. The van der Waals surface area contributed by atoms with Gasteiger partial charge in [0.1, 0.15) is 0 Å². The Morgan fingerprint density at radius 2 is 1.83 bits per heavy atom. The summed E-state index contributed by atoms with van der Waals surface area (Å²) in [6, 6.07) is 10.2. The van der Waals surface area contributed by atoms with Crippen LogP contribution in [0.25, 0.3) is 0 Å². The predicted octanol–water partition coefficient (Wildman–Crippen LogP) is 2.35. The minimum absolute atomic E-state index is 0.101. The average Bonchev–Trinajstić information content (AvgIpc) is 3.00. The first-order valence-electron chi connectivity index (χ1n) is 7.06. The van der Waals surface area contributed by atoms with Gasteiger partial charge in [-0.25, -0.2) is 0 Å². The Hall–Kier alpha value is -2.38. The van der Waals surface area contributed by atoms with Gasteiger partial charge in [0.15, 0.2) is 0 Å². The first-order chi connectivity index (χ1) is 11.0. The number of hydrogen-bond acceptors (Lipinski definition) is 5. The van der Waals surface area contributed by atoms with Gasteiger partial charge >= 0.3 is 0 Å². The summed E-state index contributed by atoms with van der Waals surface area (Å²) >= 11 is 1.13. The van der Waals surface area contributed by atoms with E-state index >= 15 is 0 Å². The van der Waals surface area contributed by atoms with E-state index in [-0.39, 0.29) is 17.9 Å². The molecular formula is C16H19N3O3S. The summed E-state index contributed by atoms with van der Waals surface area (Å²) in [7, 11) is 1.57. The normalized spacial score (nSPS) is 11.7. The molecule has 1 atom stereocenters. The highest BCUT2D eigenvalue weighted by Gasteiger charge is 2.16. The number of nitrogens with one attached hydrogen (secondary N) is 2. The number of carbonyl (C=O) groups excluding carboxylic acids is 2. The zero-order chi connectivity index (χ0) is 16.8. The maximum Gasteiger partial charge on any atom is 0.265 e. The van der Waals surface area contributed by atoms with Crippen LogP contribution in [0.3, 0.4) is 0 Å². The molecule has 1 heterocycles. The fraction of sp³-hybridized carbons (Fsp3) is 0.250. The number of amides is 2. The Bertz CT molecular complexity index is 699. The van der Waals surface area contributed by atoms with Gasteiger partial charge in [-0.15, -0.1) is 11.3 Å². The molecule has 0 aliphatic rings. The number of thiophene rings is 1. The van der Waals surface area contributed by atoms with Crippen LogP contribution in [0.2, 0.25) is 0 Å². The van der Waals surface area contributed by atoms with Gasteiger partial charge in [-0.05, 0) is 31.2 Å². The van der Waals surface area contributed by atoms with E-state index in [1.807, 2.05) is 6.92 Å². The van der Waals surface area contributed by atoms with Crippen LogP contribution in [-0.2, 0) is 4.74 Å². The zero-order valence-corrected chi connectivity index (χ0v) is 13.8. The van der Waals surface area contributed by atoms with Crippen LogP contribution in [0.4, 0.5) is 11.4 Å². The first kappa shape index (κ1) is 17.0. The summed E-state index contributed by atoms with van der Waals surface area (Å²) < 4.78 is 4.97. The molecule has 0 bridgehead atoms. The Morgan fingerprint density at radius 1 is 1.17 bits per heavy atom. The highest BCUT2D eigenvalue weighted by atomic mass is 32.1. The average molecular weight is 333 g/mol. The van der Waals surface area contributed by atoms with E-state index in [1.54, 1.807) is 43.5 Å². The molecule has 7 heteroatoms. The summed E-state index contributed by atoms with van der Waals surface area (Å²) in [4.78, 5) is 25.2. The molecule has 122 valence electrons. The highest BCUT2D eigenvalue weighted by Crippen LogP contribution is 2.21. The zero-order valence-electron chi connectivity index (χ0n) is 13.0. The molecule has 0 aliphatic carbocycles. The van der Waals surface area contributed by atoms with Gasteiger partial charge < -0.3 is 21.1 Å². The number of nitrogens with two attached hydrogens (primary N) is 1. The molecule has 1 aromatic carbocycles. The molecular weight excluding hydrogens is 314 g/mol.